The number of hydrogen-bond donors (Lipinski definition) is 1. The molecule has 1 aromatic rings. The van der Waals surface area contributed by atoms with Crippen molar-refractivity contribution in [2.45, 2.75) is 32.7 Å². The van der Waals surface area contributed by atoms with Gasteiger partial charge in [-0.05, 0) is 26.3 Å². The van der Waals surface area contributed by atoms with Crippen LogP contribution in [0.4, 0.5) is 0 Å². The van der Waals surface area contributed by atoms with Gasteiger partial charge in [-0.25, -0.2) is 9.97 Å². The van der Waals surface area contributed by atoms with Gasteiger partial charge < -0.3 is 5.32 Å². The van der Waals surface area contributed by atoms with Crippen LogP contribution >= 0.6 is 0 Å². The molecule has 1 atom stereocenters. The molecule has 0 saturated heterocycles. The molecule has 15 heavy (non-hydrogen) atoms. The largest absolute Gasteiger partial charge is 0.310 e. The molecule has 1 heterocycles. The molecule has 1 aromatic heterocycles. The maximum atomic E-state index is 4.04. The summed E-state index contributed by atoms with van der Waals surface area (Å²) >= 11 is 0. The quantitative estimate of drug-likeness (QED) is 0.725. The molecule has 1 unspecified atom stereocenters. The molecule has 0 fully saturated rings. The normalized spacial score (nSPS) is 12.4. The van der Waals surface area contributed by atoms with Gasteiger partial charge >= 0.3 is 0 Å². The maximum absolute atomic E-state index is 4.04. The van der Waals surface area contributed by atoms with Crippen LogP contribution in [0.3, 0.4) is 0 Å². The van der Waals surface area contributed by atoms with E-state index in [1.165, 1.54) is 5.57 Å². The van der Waals surface area contributed by atoms with Gasteiger partial charge in [0.1, 0.15) is 6.33 Å². The molecule has 82 valence electrons. The minimum absolute atomic E-state index is 0.295. The van der Waals surface area contributed by atoms with Gasteiger partial charge in [-0.3, -0.25) is 0 Å². The second-order valence-corrected chi connectivity index (χ2v) is 3.84. The van der Waals surface area contributed by atoms with Gasteiger partial charge in [0.15, 0.2) is 0 Å². The first-order valence-electron chi connectivity index (χ1n) is 5.36. The molecule has 0 amide bonds. The van der Waals surface area contributed by atoms with Crippen molar-refractivity contribution in [1.29, 1.82) is 0 Å². The van der Waals surface area contributed by atoms with E-state index in [1.54, 1.807) is 6.33 Å². The third-order valence-corrected chi connectivity index (χ3v) is 2.18. The van der Waals surface area contributed by atoms with E-state index >= 15 is 0 Å². The highest BCUT2D eigenvalue weighted by Crippen LogP contribution is 2.18. The highest BCUT2D eigenvalue weighted by atomic mass is 14.9. The smallest absolute Gasteiger partial charge is 0.115 e. The lowest BCUT2D eigenvalue weighted by Gasteiger charge is -2.18. The lowest BCUT2D eigenvalue weighted by Crippen LogP contribution is -2.22. The van der Waals surface area contributed by atoms with Gasteiger partial charge in [0, 0.05) is 24.0 Å². The first kappa shape index (κ1) is 11.9. The van der Waals surface area contributed by atoms with Crippen molar-refractivity contribution in [2.75, 3.05) is 6.54 Å². The molecule has 0 spiro atoms. The summed E-state index contributed by atoms with van der Waals surface area (Å²) in [6, 6.07) is 0.295. The van der Waals surface area contributed by atoms with E-state index in [1.807, 2.05) is 19.3 Å². The lowest BCUT2D eigenvalue weighted by molar-refractivity contribution is 0.525. The number of hydrogen-bond acceptors (Lipinski definition) is 3. The Morgan fingerprint density at radius 3 is 2.67 bits per heavy atom. The van der Waals surface area contributed by atoms with E-state index in [2.05, 4.69) is 28.8 Å². The SMILES string of the molecule is C=C(C)CC(NCCC)c1cncnc1. The molecule has 0 aromatic carbocycles. The molecule has 1 N–H and O–H groups in total. The fraction of sp³-hybridized carbons (Fsp3) is 0.500. The lowest BCUT2D eigenvalue weighted by atomic mass is 10.0. The fourth-order valence-electron chi connectivity index (χ4n) is 1.47. The van der Waals surface area contributed by atoms with Crippen LogP contribution in [0.15, 0.2) is 30.9 Å². The summed E-state index contributed by atoms with van der Waals surface area (Å²) in [5.41, 5.74) is 2.31. The van der Waals surface area contributed by atoms with Gasteiger partial charge in [-0.15, -0.1) is 6.58 Å². The van der Waals surface area contributed by atoms with E-state index in [0.29, 0.717) is 6.04 Å². The Kier molecular flexibility index (Phi) is 4.98. The Morgan fingerprint density at radius 1 is 1.47 bits per heavy atom. The second-order valence-electron chi connectivity index (χ2n) is 3.84. The van der Waals surface area contributed by atoms with Crippen LogP contribution in [0.5, 0.6) is 0 Å². The Balaban J connectivity index is 2.67. The number of aromatic nitrogens is 2. The molecule has 0 saturated carbocycles. The number of nitrogens with one attached hydrogen (secondary N) is 1. The van der Waals surface area contributed by atoms with Crippen molar-refractivity contribution < 1.29 is 0 Å². The summed E-state index contributed by atoms with van der Waals surface area (Å²) in [4.78, 5) is 8.08. The Bertz CT molecular complexity index is 295. The van der Waals surface area contributed by atoms with Crippen molar-refractivity contribution in [3.63, 3.8) is 0 Å². The molecule has 0 aliphatic heterocycles. The zero-order chi connectivity index (χ0) is 11.1. The summed E-state index contributed by atoms with van der Waals surface area (Å²) in [6.07, 6.45) is 7.35. The predicted octanol–water partition coefficient (Wildman–Crippen LogP) is 2.48. The van der Waals surface area contributed by atoms with E-state index < -0.39 is 0 Å². The van der Waals surface area contributed by atoms with E-state index in [-0.39, 0.29) is 0 Å². The van der Waals surface area contributed by atoms with Crippen molar-refractivity contribution in [3.8, 4) is 0 Å². The minimum atomic E-state index is 0.295. The Morgan fingerprint density at radius 2 is 2.13 bits per heavy atom. The molecule has 0 bridgehead atoms. The number of rotatable bonds is 6. The molecule has 0 aliphatic carbocycles. The highest BCUT2D eigenvalue weighted by molar-refractivity contribution is 5.12. The zero-order valence-electron chi connectivity index (χ0n) is 9.53. The van der Waals surface area contributed by atoms with Crippen LogP contribution in [-0.4, -0.2) is 16.5 Å². The topological polar surface area (TPSA) is 37.8 Å². The summed E-state index contributed by atoms with van der Waals surface area (Å²) in [5, 5.41) is 3.48. The van der Waals surface area contributed by atoms with E-state index in [0.717, 1.165) is 24.9 Å². The standard InChI is InChI=1S/C12H19N3/c1-4-5-15-12(6-10(2)3)11-7-13-9-14-8-11/h7-9,12,15H,2,4-6H2,1,3H3. The average molecular weight is 205 g/mol. The molecule has 3 heteroatoms. The molecule has 0 radical (unpaired) electrons. The summed E-state index contributed by atoms with van der Waals surface area (Å²) < 4.78 is 0. The average Bonchev–Trinajstić information content (AvgIpc) is 2.25. The molecule has 3 nitrogen and oxygen atoms in total. The van der Waals surface area contributed by atoms with E-state index in [4.69, 9.17) is 0 Å². The van der Waals surface area contributed by atoms with Gasteiger partial charge in [-0.1, -0.05) is 12.5 Å². The van der Waals surface area contributed by atoms with Crippen molar-refractivity contribution in [1.82, 2.24) is 15.3 Å². The van der Waals surface area contributed by atoms with Gasteiger partial charge in [0.05, 0.1) is 0 Å². The van der Waals surface area contributed by atoms with Crippen molar-refractivity contribution >= 4 is 0 Å². The summed E-state index contributed by atoms with van der Waals surface area (Å²) in [7, 11) is 0. The molecular formula is C12H19N3. The molecule has 1 rings (SSSR count). The summed E-state index contributed by atoms with van der Waals surface area (Å²) in [6.45, 7) is 9.16. The zero-order valence-corrected chi connectivity index (χ0v) is 9.53. The first-order chi connectivity index (χ1) is 7.24. The van der Waals surface area contributed by atoms with Gasteiger partial charge in [0.2, 0.25) is 0 Å². The molecule has 0 aliphatic rings. The van der Waals surface area contributed by atoms with Crippen LogP contribution in [0.1, 0.15) is 38.3 Å². The van der Waals surface area contributed by atoms with Crippen molar-refractivity contribution in [2.24, 2.45) is 0 Å². The van der Waals surface area contributed by atoms with Crippen LogP contribution in [-0.2, 0) is 0 Å². The highest BCUT2D eigenvalue weighted by Gasteiger charge is 2.10. The monoisotopic (exact) mass is 205 g/mol. The third kappa shape index (κ3) is 4.21. The van der Waals surface area contributed by atoms with Gasteiger partial charge in [0.25, 0.3) is 0 Å². The second kappa shape index (κ2) is 6.30. The maximum Gasteiger partial charge on any atom is 0.115 e. The Labute approximate surface area is 91.7 Å². The minimum Gasteiger partial charge on any atom is -0.310 e. The van der Waals surface area contributed by atoms with Gasteiger partial charge in [-0.2, -0.15) is 0 Å². The van der Waals surface area contributed by atoms with E-state index in [9.17, 15) is 0 Å². The predicted molar refractivity (Wildman–Crippen MR) is 62.5 cm³/mol. The van der Waals surface area contributed by atoms with Crippen molar-refractivity contribution in [3.05, 3.63) is 36.4 Å². The third-order valence-electron chi connectivity index (χ3n) is 2.18. The summed E-state index contributed by atoms with van der Waals surface area (Å²) in [5.74, 6) is 0. The fourth-order valence-corrected chi connectivity index (χ4v) is 1.47. The van der Waals surface area contributed by atoms with Crippen LogP contribution in [0.2, 0.25) is 0 Å². The Hall–Kier alpha value is -1.22. The first-order valence-corrected chi connectivity index (χ1v) is 5.36. The van der Waals surface area contributed by atoms with Crippen LogP contribution < -0.4 is 5.32 Å². The molecular weight excluding hydrogens is 186 g/mol. The van der Waals surface area contributed by atoms with Crippen LogP contribution in [0.25, 0.3) is 0 Å². The van der Waals surface area contributed by atoms with Crippen LogP contribution in [0, 0.1) is 0 Å². The number of nitrogens with zero attached hydrogens (tertiary/aromatic N) is 2.